The van der Waals surface area contributed by atoms with Gasteiger partial charge in [-0.25, -0.2) is 13.2 Å². The van der Waals surface area contributed by atoms with Crippen molar-refractivity contribution in [2.24, 2.45) is 0 Å². The van der Waals surface area contributed by atoms with E-state index in [4.69, 9.17) is 4.74 Å². The number of carbonyl (C=O) groups is 1. The summed E-state index contributed by atoms with van der Waals surface area (Å²) in [5.74, 6) is -0.418. The summed E-state index contributed by atoms with van der Waals surface area (Å²) in [6.45, 7) is 6.28. The van der Waals surface area contributed by atoms with Crippen molar-refractivity contribution in [3.63, 3.8) is 0 Å². The van der Waals surface area contributed by atoms with Crippen LogP contribution in [0.1, 0.15) is 28.4 Å². The van der Waals surface area contributed by atoms with Gasteiger partial charge in [-0.05, 0) is 56.2 Å². The van der Waals surface area contributed by atoms with Crippen molar-refractivity contribution in [2.75, 3.05) is 31.6 Å². The third kappa shape index (κ3) is 4.40. The number of carbonyl (C=O) groups excluding carboxylic acids is 1. The zero-order valence-corrected chi connectivity index (χ0v) is 18.7. The Morgan fingerprint density at radius 3 is 2.35 bits per heavy atom. The molecule has 1 aliphatic heterocycles. The van der Waals surface area contributed by atoms with E-state index in [1.54, 1.807) is 38.1 Å². The van der Waals surface area contributed by atoms with E-state index >= 15 is 0 Å². The van der Waals surface area contributed by atoms with Gasteiger partial charge >= 0.3 is 5.97 Å². The minimum absolute atomic E-state index is 0.0260. The number of nitro benzene ring substituents is 1. The molecule has 1 heterocycles. The number of sulfonamides is 1. The predicted molar refractivity (Wildman–Crippen MR) is 116 cm³/mol. The Morgan fingerprint density at radius 2 is 1.81 bits per heavy atom. The van der Waals surface area contributed by atoms with Gasteiger partial charge in [-0.3, -0.25) is 10.1 Å². The number of non-ortho nitro benzene ring substituents is 1. The van der Waals surface area contributed by atoms with Crippen molar-refractivity contribution < 1.29 is 22.9 Å². The molecule has 10 heteroatoms. The van der Waals surface area contributed by atoms with E-state index in [0.717, 1.165) is 11.8 Å². The maximum atomic E-state index is 13.4. The van der Waals surface area contributed by atoms with E-state index < -0.39 is 20.9 Å². The fourth-order valence-corrected chi connectivity index (χ4v) is 5.70. The molecule has 1 saturated heterocycles. The highest BCUT2D eigenvalue weighted by Gasteiger charge is 2.35. The van der Waals surface area contributed by atoms with E-state index in [0.29, 0.717) is 29.8 Å². The van der Waals surface area contributed by atoms with E-state index in [9.17, 15) is 23.3 Å². The maximum absolute atomic E-state index is 13.4. The lowest BCUT2D eigenvalue weighted by atomic mass is 10.1. The molecule has 166 valence electrons. The van der Waals surface area contributed by atoms with Crippen molar-refractivity contribution in [1.82, 2.24) is 4.31 Å². The lowest BCUT2D eigenvalue weighted by Gasteiger charge is -2.40. The molecule has 9 nitrogen and oxygen atoms in total. The Morgan fingerprint density at radius 1 is 1.16 bits per heavy atom. The summed E-state index contributed by atoms with van der Waals surface area (Å²) in [5.41, 5.74) is 2.15. The monoisotopic (exact) mass is 447 g/mol. The van der Waals surface area contributed by atoms with Crippen LogP contribution in [0, 0.1) is 24.0 Å². The van der Waals surface area contributed by atoms with E-state index in [1.807, 2.05) is 11.8 Å². The Balaban J connectivity index is 1.84. The van der Waals surface area contributed by atoms with Gasteiger partial charge in [0.05, 0.1) is 22.5 Å². The normalized spacial score (nSPS) is 17.4. The van der Waals surface area contributed by atoms with Crippen molar-refractivity contribution in [1.29, 1.82) is 0 Å². The molecule has 0 amide bonds. The molecule has 1 aliphatic rings. The van der Waals surface area contributed by atoms with Gasteiger partial charge < -0.3 is 9.64 Å². The molecule has 1 atom stereocenters. The highest BCUT2D eigenvalue weighted by atomic mass is 32.2. The van der Waals surface area contributed by atoms with Gasteiger partial charge in [0.1, 0.15) is 0 Å². The minimum Gasteiger partial charge on any atom is -0.465 e. The average Bonchev–Trinajstić information content (AvgIpc) is 2.74. The molecule has 0 spiro atoms. The van der Waals surface area contributed by atoms with Gasteiger partial charge in [-0.15, -0.1) is 0 Å². The lowest BCUT2D eigenvalue weighted by Crippen LogP contribution is -2.54. The molecule has 1 unspecified atom stereocenters. The van der Waals surface area contributed by atoms with Crippen LogP contribution in [0.3, 0.4) is 0 Å². The van der Waals surface area contributed by atoms with Crippen LogP contribution >= 0.6 is 0 Å². The number of methoxy groups -OCH3 is 1. The third-order valence-corrected chi connectivity index (χ3v) is 7.76. The van der Waals surface area contributed by atoms with E-state index in [-0.39, 0.29) is 23.2 Å². The predicted octanol–water partition coefficient (Wildman–Crippen LogP) is 2.90. The van der Waals surface area contributed by atoms with Crippen LogP contribution in [-0.4, -0.2) is 56.4 Å². The molecule has 0 aliphatic carbocycles. The number of anilines is 1. The number of piperazine rings is 1. The molecule has 0 aromatic heterocycles. The quantitative estimate of drug-likeness (QED) is 0.394. The summed E-state index contributed by atoms with van der Waals surface area (Å²) in [6, 6.07) is 9.12. The second kappa shape index (κ2) is 8.64. The highest BCUT2D eigenvalue weighted by Crippen LogP contribution is 2.30. The van der Waals surface area contributed by atoms with Crippen LogP contribution in [0.2, 0.25) is 0 Å². The second-order valence-electron chi connectivity index (χ2n) is 7.59. The van der Waals surface area contributed by atoms with Crippen molar-refractivity contribution >= 4 is 27.4 Å². The molecule has 2 aromatic carbocycles. The summed E-state index contributed by atoms with van der Waals surface area (Å²) in [7, 11) is -2.58. The van der Waals surface area contributed by atoms with Gasteiger partial charge in [0.15, 0.2) is 0 Å². The molecule has 0 bridgehead atoms. The first kappa shape index (κ1) is 22.7. The van der Waals surface area contributed by atoms with Gasteiger partial charge in [0, 0.05) is 43.5 Å². The number of hydrogen-bond acceptors (Lipinski definition) is 7. The Labute approximate surface area is 181 Å². The van der Waals surface area contributed by atoms with Crippen LogP contribution in [0.25, 0.3) is 0 Å². The summed E-state index contributed by atoms with van der Waals surface area (Å²) in [6.07, 6.45) is 0. The van der Waals surface area contributed by atoms with Crippen LogP contribution in [0.15, 0.2) is 41.3 Å². The topological polar surface area (TPSA) is 110 Å². The number of nitro groups is 1. The second-order valence-corrected chi connectivity index (χ2v) is 9.45. The number of aryl methyl sites for hydroxylation is 1. The number of ether oxygens (including phenoxy) is 1. The number of hydrogen-bond donors (Lipinski definition) is 0. The van der Waals surface area contributed by atoms with Crippen molar-refractivity contribution in [3.05, 3.63) is 63.2 Å². The molecule has 0 N–H and O–H groups in total. The molecule has 2 aromatic rings. The molecule has 0 saturated carbocycles. The average molecular weight is 448 g/mol. The van der Waals surface area contributed by atoms with Gasteiger partial charge in [0.25, 0.3) is 5.69 Å². The lowest BCUT2D eigenvalue weighted by molar-refractivity contribution is -0.385. The summed E-state index contributed by atoms with van der Waals surface area (Å²) in [4.78, 5) is 24.3. The van der Waals surface area contributed by atoms with Crippen molar-refractivity contribution in [3.8, 4) is 0 Å². The van der Waals surface area contributed by atoms with Crippen LogP contribution < -0.4 is 4.90 Å². The molecule has 3 rings (SSSR count). The summed E-state index contributed by atoms with van der Waals surface area (Å²) >= 11 is 0. The fourth-order valence-electron chi connectivity index (χ4n) is 3.77. The van der Waals surface area contributed by atoms with Gasteiger partial charge in [-0.1, -0.05) is 0 Å². The molecular weight excluding hydrogens is 422 g/mol. The first-order valence-corrected chi connectivity index (χ1v) is 11.2. The molecule has 31 heavy (non-hydrogen) atoms. The van der Waals surface area contributed by atoms with E-state index in [2.05, 4.69) is 0 Å². The van der Waals surface area contributed by atoms with Gasteiger partial charge in [0.2, 0.25) is 10.0 Å². The fraction of sp³-hybridized carbons (Fsp3) is 0.381. The van der Waals surface area contributed by atoms with Crippen molar-refractivity contribution in [2.45, 2.75) is 31.7 Å². The number of nitrogens with zero attached hydrogens (tertiary/aromatic N) is 3. The van der Waals surface area contributed by atoms with Crippen LogP contribution in [0.4, 0.5) is 11.4 Å². The molecular formula is C21H25N3O6S. The smallest absolute Gasteiger partial charge is 0.337 e. The SMILES string of the molecule is COC(=O)c1ccc(N2CCN(S(=O)(=O)c3cc([N+](=O)[O-])cc(C)c3C)C(C)C2)cc1. The minimum atomic E-state index is -3.91. The first-order valence-electron chi connectivity index (χ1n) is 9.77. The number of benzene rings is 2. The Kier molecular flexibility index (Phi) is 6.33. The summed E-state index contributed by atoms with van der Waals surface area (Å²) in [5, 5.41) is 11.2. The molecule has 0 radical (unpaired) electrons. The number of esters is 1. The summed E-state index contributed by atoms with van der Waals surface area (Å²) < 4.78 is 32.9. The largest absolute Gasteiger partial charge is 0.465 e. The van der Waals surface area contributed by atoms with Crippen LogP contribution in [-0.2, 0) is 14.8 Å². The zero-order valence-electron chi connectivity index (χ0n) is 17.9. The zero-order chi connectivity index (χ0) is 22.9. The molecule has 1 fully saturated rings. The third-order valence-electron chi connectivity index (χ3n) is 5.62. The maximum Gasteiger partial charge on any atom is 0.337 e. The number of rotatable bonds is 5. The first-order chi connectivity index (χ1) is 14.6. The Hall–Kier alpha value is -2.98. The van der Waals surface area contributed by atoms with Gasteiger partial charge in [-0.2, -0.15) is 4.31 Å². The van der Waals surface area contributed by atoms with Crippen LogP contribution in [0.5, 0.6) is 0 Å². The van der Waals surface area contributed by atoms with E-state index in [1.165, 1.54) is 17.5 Å². The Bertz CT molecular complexity index is 1110. The standard InChI is InChI=1S/C21H25N3O6S/c1-14-11-19(24(26)27)12-20(16(14)3)31(28,29)23-10-9-22(13-15(23)2)18-7-5-17(6-8-18)21(25)30-4/h5-8,11-12,15H,9-10,13H2,1-4H3. The highest BCUT2D eigenvalue weighted by molar-refractivity contribution is 7.89.